The molecule has 1 aliphatic rings. The molecule has 2 amide bonds. The highest BCUT2D eigenvalue weighted by molar-refractivity contribution is 5.95. The summed E-state index contributed by atoms with van der Waals surface area (Å²) in [6, 6.07) is 17.5. The smallest absolute Gasteiger partial charge is 0.246 e. The van der Waals surface area contributed by atoms with Crippen molar-refractivity contribution < 1.29 is 9.59 Å². The minimum absolute atomic E-state index is 0.0174. The third-order valence-corrected chi connectivity index (χ3v) is 4.64. The molecule has 2 aromatic carbocycles. The van der Waals surface area contributed by atoms with Crippen LogP contribution in [-0.2, 0) is 9.59 Å². The van der Waals surface area contributed by atoms with Crippen molar-refractivity contribution in [2.75, 3.05) is 18.4 Å². The first-order chi connectivity index (χ1) is 12.6. The van der Waals surface area contributed by atoms with E-state index in [2.05, 4.69) is 5.32 Å². The Hall–Kier alpha value is -2.88. The lowest BCUT2D eigenvalue weighted by Gasteiger charge is -2.31. The maximum atomic E-state index is 12.5. The first-order valence-corrected chi connectivity index (χ1v) is 9.01. The number of carbonyl (C=O) groups is 2. The number of likely N-dealkylation sites (tertiary alicyclic amines) is 1. The summed E-state index contributed by atoms with van der Waals surface area (Å²) in [5.41, 5.74) is 2.98. The van der Waals surface area contributed by atoms with Gasteiger partial charge in [0.25, 0.3) is 0 Å². The third kappa shape index (κ3) is 4.82. The molecule has 1 saturated heterocycles. The molecule has 4 heteroatoms. The number of para-hydroxylation sites is 1. The van der Waals surface area contributed by atoms with Gasteiger partial charge >= 0.3 is 0 Å². The topological polar surface area (TPSA) is 49.4 Å². The van der Waals surface area contributed by atoms with Gasteiger partial charge < -0.3 is 10.2 Å². The lowest BCUT2D eigenvalue weighted by atomic mass is 9.97. The van der Waals surface area contributed by atoms with Gasteiger partial charge in [0.2, 0.25) is 11.8 Å². The number of hydrogen-bond acceptors (Lipinski definition) is 2. The van der Waals surface area contributed by atoms with Crippen molar-refractivity contribution in [3.63, 3.8) is 0 Å². The van der Waals surface area contributed by atoms with Gasteiger partial charge in [0.1, 0.15) is 0 Å². The van der Waals surface area contributed by atoms with Crippen molar-refractivity contribution in [3.8, 4) is 0 Å². The zero-order valence-electron chi connectivity index (χ0n) is 15.0. The Morgan fingerprint density at radius 2 is 1.81 bits per heavy atom. The fraction of sp³-hybridized carbons (Fsp3) is 0.273. The molecule has 2 aromatic rings. The van der Waals surface area contributed by atoms with Gasteiger partial charge in [-0.05, 0) is 43.5 Å². The normalized spacial score (nSPS) is 17.3. The van der Waals surface area contributed by atoms with Crippen LogP contribution in [0, 0.1) is 12.8 Å². The van der Waals surface area contributed by atoms with Gasteiger partial charge in [-0.3, -0.25) is 9.59 Å². The molecule has 1 unspecified atom stereocenters. The van der Waals surface area contributed by atoms with Crippen molar-refractivity contribution in [3.05, 3.63) is 71.8 Å². The molecule has 0 aromatic heterocycles. The van der Waals surface area contributed by atoms with E-state index in [-0.39, 0.29) is 17.7 Å². The van der Waals surface area contributed by atoms with E-state index >= 15 is 0 Å². The van der Waals surface area contributed by atoms with E-state index in [1.807, 2.05) is 67.6 Å². The molecule has 1 N–H and O–H groups in total. The minimum Gasteiger partial charge on any atom is -0.338 e. The van der Waals surface area contributed by atoms with E-state index in [9.17, 15) is 9.59 Å². The van der Waals surface area contributed by atoms with Crippen molar-refractivity contribution >= 4 is 23.6 Å². The Morgan fingerprint density at radius 3 is 2.54 bits per heavy atom. The van der Waals surface area contributed by atoms with E-state index in [4.69, 9.17) is 0 Å². The highest BCUT2D eigenvalue weighted by atomic mass is 16.2. The SMILES string of the molecule is Cc1ccc(C=CC(=O)N2CCCC(C(=O)Nc3ccccc3)C2)cc1. The second kappa shape index (κ2) is 8.48. The maximum Gasteiger partial charge on any atom is 0.246 e. The van der Waals surface area contributed by atoms with Gasteiger partial charge in [-0.1, -0.05) is 48.0 Å². The average Bonchev–Trinajstić information content (AvgIpc) is 2.68. The molecule has 1 heterocycles. The lowest BCUT2D eigenvalue weighted by molar-refractivity contribution is -0.130. The highest BCUT2D eigenvalue weighted by Crippen LogP contribution is 2.19. The largest absolute Gasteiger partial charge is 0.338 e. The van der Waals surface area contributed by atoms with E-state index in [0.29, 0.717) is 13.1 Å². The number of nitrogens with zero attached hydrogens (tertiary/aromatic N) is 1. The number of carbonyl (C=O) groups excluding carboxylic acids is 2. The first-order valence-electron chi connectivity index (χ1n) is 9.01. The van der Waals surface area contributed by atoms with E-state index in [1.54, 1.807) is 11.0 Å². The molecule has 0 bridgehead atoms. The minimum atomic E-state index is -0.166. The van der Waals surface area contributed by atoms with Crippen LogP contribution in [0.25, 0.3) is 6.08 Å². The van der Waals surface area contributed by atoms with Gasteiger partial charge in [-0.15, -0.1) is 0 Å². The summed E-state index contributed by atoms with van der Waals surface area (Å²) in [5, 5.41) is 2.94. The fourth-order valence-electron chi connectivity index (χ4n) is 3.11. The lowest BCUT2D eigenvalue weighted by Crippen LogP contribution is -2.43. The van der Waals surface area contributed by atoms with Crippen molar-refractivity contribution in [2.45, 2.75) is 19.8 Å². The summed E-state index contributed by atoms with van der Waals surface area (Å²) >= 11 is 0. The van der Waals surface area contributed by atoms with Crippen LogP contribution in [0.4, 0.5) is 5.69 Å². The molecule has 0 spiro atoms. The standard InChI is InChI=1S/C22H24N2O2/c1-17-9-11-18(12-10-17)13-14-21(25)24-15-5-6-19(16-24)22(26)23-20-7-3-2-4-8-20/h2-4,7-14,19H,5-6,15-16H2,1H3,(H,23,26). The van der Waals surface area contributed by atoms with Crippen molar-refractivity contribution in [2.24, 2.45) is 5.92 Å². The molecule has 1 fully saturated rings. The van der Waals surface area contributed by atoms with Crippen LogP contribution < -0.4 is 5.32 Å². The number of rotatable bonds is 4. The molecule has 3 rings (SSSR count). The number of benzene rings is 2. The number of piperidine rings is 1. The zero-order chi connectivity index (χ0) is 18.4. The molecule has 0 radical (unpaired) electrons. The number of anilines is 1. The van der Waals surface area contributed by atoms with Crippen molar-refractivity contribution in [1.29, 1.82) is 0 Å². The molecule has 0 saturated carbocycles. The van der Waals surface area contributed by atoms with Crippen LogP contribution in [-0.4, -0.2) is 29.8 Å². The van der Waals surface area contributed by atoms with Gasteiger partial charge in [-0.2, -0.15) is 0 Å². The van der Waals surface area contributed by atoms with E-state index < -0.39 is 0 Å². The van der Waals surface area contributed by atoms with Crippen LogP contribution >= 0.6 is 0 Å². The number of nitrogens with one attached hydrogen (secondary N) is 1. The predicted molar refractivity (Wildman–Crippen MR) is 105 cm³/mol. The summed E-state index contributed by atoms with van der Waals surface area (Å²) in [5.74, 6) is -0.223. The molecular formula is C22H24N2O2. The second-order valence-corrected chi connectivity index (χ2v) is 6.72. The Morgan fingerprint density at radius 1 is 1.08 bits per heavy atom. The van der Waals surface area contributed by atoms with Crippen LogP contribution in [0.3, 0.4) is 0 Å². The molecule has 1 aliphatic heterocycles. The van der Waals surface area contributed by atoms with Gasteiger partial charge in [0, 0.05) is 24.9 Å². The van der Waals surface area contributed by atoms with Crippen molar-refractivity contribution in [1.82, 2.24) is 4.90 Å². The Balaban J connectivity index is 1.57. The highest BCUT2D eigenvalue weighted by Gasteiger charge is 2.27. The van der Waals surface area contributed by atoms with Crippen LogP contribution in [0.5, 0.6) is 0 Å². The second-order valence-electron chi connectivity index (χ2n) is 6.72. The van der Waals surface area contributed by atoms with Gasteiger partial charge in [0.15, 0.2) is 0 Å². The quantitative estimate of drug-likeness (QED) is 0.852. The molecule has 134 valence electrons. The monoisotopic (exact) mass is 348 g/mol. The molecule has 4 nitrogen and oxygen atoms in total. The summed E-state index contributed by atoms with van der Waals surface area (Å²) in [6.45, 7) is 3.20. The Bertz CT molecular complexity index is 782. The summed E-state index contributed by atoms with van der Waals surface area (Å²) < 4.78 is 0. The van der Waals surface area contributed by atoms with E-state index in [0.717, 1.165) is 24.1 Å². The van der Waals surface area contributed by atoms with Gasteiger partial charge in [0.05, 0.1) is 5.92 Å². The fourth-order valence-corrected chi connectivity index (χ4v) is 3.11. The van der Waals surface area contributed by atoms with Crippen LogP contribution in [0.2, 0.25) is 0 Å². The number of hydrogen-bond donors (Lipinski definition) is 1. The summed E-state index contributed by atoms with van der Waals surface area (Å²) in [7, 11) is 0. The average molecular weight is 348 g/mol. The van der Waals surface area contributed by atoms with Crippen LogP contribution in [0.1, 0.15) is 24.0 Å². The van der Waals surface area contributed by atoms with E-state index in [1.165, 1.54) is 5.56 Å². The Kier molecular flexibility index (Phi) is 5.84. The molecule has 1 atom stereocenters. The molecular weight excluding hydrogens is 324 g/mol. The molecule has 26 heavy (non-hydrogen) atoms. The zero-order valence-corrected chi connectivity index (χ0v) is 15.0. The summed E-state index contributed by atoms with van der Waals surface area (Å²) in [6.07, 6.45) is 5.08. The first kappa shape index (κ1) is 17.9. The number of amides is 2. The maximum absolute atomic E-state index is 12.5. The Labute approximate surface area is 154 Å². The predicted octanol–water partition coefficient (Wildman–Crippen LogP) is 3.89. The summed E-state index contributed by atoms with van der Waals surface area (Å²) in [4.78, 5) is 26.7. The van der Waals surface area contributed by atoms with Crippen LogP contribution in [0.15, 0.2) is 60.7 Å². The van der Waals surface area contributed by atoms with Gasteiger partial charge in [-0.25, -0.2) is 0 Å². The number of aryl methyl sites for hydroxylation is 1. The molecule has 0 aliphatic carbocycles. The third-order valence-electron chi connectivity index (χ3n) is 4.64.